The zero-order chi connectivity index (χ0) is 33.4. The molecule has 4 fully saturated rings. The van der Waals surface area contributed by atoms with Crippen LogP contribution in [0.1, 0.15) is 83.3 Å². The first kappa shape index (κ1) is 29.9. The number of fused-ring (bicyclic) bond motifs is 2. The van der Waals surface area contributed by atoms with E-state index in [2.05, 4.69) is 32.5 Å². The summed E-state index contributed by atoms with van der Waals surface area (Å²) >= 11 is 0. The second-order valence-corrected chi connectivity index (χ2v) is 14.1. The highest BCUT2D eigenvalue weighted by molar-refractivity contribution is 6.23. The number of hydrogen-bond donors (Lipinski definition) is 3. The van der Waals surface area contributed by atoms with Crippen LogP contribution in [0.3, 0.4) is 0 Å². The number of aliphatic hydroxyl groups is 1. The standard InChI is InChI=1S/C36H36N8O5/c45-24-9-10-42(17-24)22-4-6-28-29(14-22)39-30(16-38-28)27-18-43(41-33(27)20-1-2-20)23-11-19(12-23)15-37-21-3-5-25-26(13-21)36(49)44(35(25)48)31-7-8-32(46)40-34(31)47/h3-6,13-14,16,18-20,23-24,31,37,45H,1-2,7-12,15,17H2,(H,40,46,47)/t19-,23-,24?,31?. The Bertz CT molecular complexity index is 2050. The average Bonchev–Trinajstić information content (AvgIpc) is 3.60. The molecule has 4 aromatic rings. The van der Waals surface area contributed by atoms with Crippen LogP contribution in [-0.2, 0) is 9.59 Å². The van der Waals surface area contributed by atoms with Crippen molar-refractivity contribution < 1.29 is 24.3 Å². The number of aromatic nitrogens is 4. The van der Waals surface area contributed by atoms with Gasteiger partial charge in [-0.1, -0.05) is 0 Å². The fourth-order valence-corrected chi connectivity index (χ4v) is 7.68. The molecule has 2 atom stereocenters. The molecule has 13 nitrogen and oxygen atoms in total. The van der Waals surface area contributed by atoms with Crippen LogP contribution in [0.25, 0.3) is 22.3 Å². The molecule has 250 valence electrons. The normalized spacial score (nSPS) is 25.2. The molecule has 2 unspecified atom stereocenters. The summed E-state index contributed by atoms with van der Waals surface area (Å²) in [5.41, 5.74) is 6.98. The molecular weight excluding hydrogens is 624 g/mol. The number of piperidine rings is 1. The summed E-state index contributed by atoms with van der Waals surface area (Å²) in [6.07, 6.45) is 8.85. The summed E-state index contributed by atoms with van der Waals surface area (Å²) in [6, 6.07) is 10.5. The lowest BCUT2D eigenvalue weighted by atomic mass is 9.80. The molecule has 2 aromatic carbocycles. The summed E-state index contributed by atoms with van der Waals surface area (Å²) in [4.78, 5) is 63.1. The summed E-state index contributed by atoms with van der Waals surface area (Å²) < 4.78 is 2.11. The van der Waals surface area contributed by atoms with E-state index in [0.717, 1.165) is 82.9 Å². The van der Waals surface area contributed by atoms with Crippen molar-refractivity contribution >= 4 is 46.0 Å². The van der Waals surface area contributed by atoms with Gasteiger partial charge in [-0.15, -0.1) is 0 Å². The first-order valence-corrected chi connectivity index (χ1v) is 17.2. The zero-order valence-electron chi connectivity index (χ0n) is 26.8. The number of amides is 4. The molecule has 3 N–H and O–H groups in total. The van der Waals surface area contributed by atoms with Gasteiger partial charge in [0.05, 0.1) is 51.9 Å². The minimum atomic E-state index is -0.978. The number of β-amino-alcohol motifs (C(OH)–C–C–N with tert-alkyl or cyclic N) is 1. The first-order chi connectivity index (χ1) is 23.8. The van der Waals surface area contributed by atoms with Crippen molar-refractivity contribution in [3.8, 4) is 11.3 Å². The Labute approximate surface area is 281 Å². The van der Waals surface area contributed by atoms with E-state index in [1.165, 1.54) is 0 Å². The van der Waals surface area contributed by atoms with E-state index in [1.54, 1.807) is 18.2 Å². The molecule has 0 bridgehead atoms. The largest absolute Gasteiger partial charge is 0.391 e. The summed E-state index contributed by atoms with van der Waals surface area (Å²) in [6.45, 7) is 2.17. The van der Waals surface area contributed by atoms with Gasteiger partial charge in [0.2, 0.25) is 11.8 Å². The van der Waals surface area contributed by atoms with Gasteiger partial charge in [0.15, 0.2) is 0 Å². The molecule has 5 heterocycles. The number of hydrogen-bond acceptors (Lipinski definition) is 10. The predicted octanol–water partition coefficient (Wildman–Crippen LogP) is 3.41. The second-order valence-electron chi connectivity index (χ2n) is 14.1. The van der Waals surface area contributed by atoms with Gasteiger partial charge in [0, 0.05) is 55.1 Å². The monoisotopic (exact) mass is 660 g/mol. The lowest BCUT2D eigenvalue weighted by molar-refractivity contribution is -0.136. The number of rotatable bonds is 8. The second kappa shape index (κ2) is 11.5. The maximum atomic E-state index is 13.2. The van der Waals surface area contributed by atoms with Crippen LogP contribution in [-0.4, -0.2) is 85.2 Å². The molecular formula is C36H36N8O5. The third-order valence-electron chi connectivity index (χ3n) is 10.7. The van der Waals surface area contributed by atoms with E-state index in [0.29, 0.717) is 24.9 Å². The van der Waals surface area contributed by atoms with Crippen molar-refractivity contribution in [2.75, 3.05) is 29.9 Å². The van der Waals surface area contributed by atoms with Crippen LogP contribution in [0.15, 0.2) is 48.8 Å². The summed E-state index contributed by atoms with van der Waals surface area (Å²) in [5, 5.41) is 20.7. The Morgan fingerprint density at radius 3 is 2.53 bits per heavy atom. The van der Waals surface area contributed by atoms with Gasteiger partial charge in [0.1, 0.15) is 6.04 Å². The smallest absolute Gasteiger partial charge is 0.262 e. The van der Waals surface area contributed by atoms with Gasteiger partial charge in [-0.3, -0.25) is 39.1 Å². The first-order valence-electron chi connectivity index (χ1n) is 17.2. The lowest BCUT2D eigenvalue weighted by Crippen LogP contribution is -2.54. The van der Waals surface area contributed by atoms with Crippen molar-refractivity contribution in [2.24, 2.45) is 5.92 Å². The van der Waals surface area contributed by atoms with Crippen LogP contribution in [0.2, 0.25) is 0 Å². The number of carbonyl (C=O) groups excluding carboxylic acids is 4. The highest BCUT2D eigenvalue weighted by atomic mass is 16.3. The Kier molecular flexibility index (Phi) is 7.01. The van der Waals surface area contributed by atoms with Gasteiger partial charge < -0.3 is 15.3 Å². The third-order valence-corrected chi connectivity index (χ3v) is 10.7. The number of benzene rings is 2. The highest BCUT2D eigenvalue weighted by Crippen LogP contribution is 2.46. The van der Waals surface area contributed by atoms with E-state index in [4.69, 9.17) is 15.1 Å². The molecule has 0 radical (unpaired) electrons. The molecule has 5 aliphatic rings. The Hall–Kier alpha value is -5.17. The molecule has 2 aliphatic carbocycles. The summed E-state index contributed by atoms with van der Waals surface area (Å²) in [7, 11) is 0. The molecule has 49 heavy (non-hydrogen) atoms. The zero-order valence-corrected chi connectivity index (χ0v) is 26.8. The molecule has 3 aliphatic heterocycles. The maximum Gasteiger partial charge on any atom is 0.262 e. The van der Waals surface area contributed by atoms with Crippen LogP contribution in [0, 0.1) is 5.92 Å². The number of imide groups is 2. The number of nitrogens with zero attached hydrogens (tertiary/aromatic N) is 6. The van der Waals surface area contributed by atoms with Crippen LogP contribution in [0.4, 0.5) is 11.4 Å². The predicted molar refractivity (Wildman–Crippen MR) is 179 cm³/mol. The van der Waals surface area contributed by atoms with E-state index in [-0.39, 0.29) is 36.1 Å². The lowest BCUT2D eigenvalue weighted by Gasteiger charge is -2.35. The van der Waals surface area contributed by atoms with E-state index >= 15 is 0 Å². The molecule has 2 aromatic heterocycles. The topological polar surface area (TPSA) is 163 Å². The minimum absolute atomic E-state index is 0.0883. The third kappa shape index (κ3) is 5.32. The fourth-order valence-electron chi connectivity index (χ4n) is 7.68. The van der Waals surface area contributed by atoms with Crippen LogP contribution < -0.4 is 15.5 Å². The molecule has 0 spiro atoms. The molecule has 2 saturated carbocycles. The number of anilines is 2. The van der Waals surface area contributed by atoms with Crippen LogP contribution >= 0.6 is 0 Å². The number of nitrogens with one attached hydrogen (secondary N) is 2. The van der Waals surface area contributed by atoms with Gasteiger partial charge in [-0.05, 0) is 80.8 Å². The van der Waals surface area contributed by atoms with Gasteiger partial charge in [-0.25, -0.2) is 4.98 Å². The van der Waals surface area contributed by atoms with Gasteiger partial charge in [0.25, 0.3) is 11.8 Å². The molecule has 13 heteroatoms. The number of carbonyl (C=O) groups is 4. The number of aliphatic hydroxyl groups excluding tert-OH is 1. The van der Waals surface area contributed by atoms with Crippen molar-refractivity contribution in [3.05, 3.63) is 65.6 Å². The van der Waals surface area contributed by atoms with Gasteiger partial charge >= 0.3 is 0 Å². The van der Waals surface area contributed by atoms with E-state index in [9.17, 15) is 24.3 Å². The Morgan fingerprint density at radius 1 is 0.918 bits per heavy atom. The molecule has 4 amide bonds. The Morgan fingerprint density at radius 2 is 1.76 bits per heavy atom. The summed E-state index contributed by atoms with van der Waals surface area (Å²) in [5.74, 6) is -1.16. The van der Waals surface area contributed by atoms with Crippen molar-refractivity contribution in [1.29, 1.82) is 0 Å². The van der Waals surface area contributed by atoms with Crippen molar-refractivity contribution in [3.63, 3.8) is 0 Å². The van der Waals surface area contributed by atoms with E-state index < -0.39 is 29.7 Å². The van der Waals surface area contributed by atoms with Crippen LogP contribution in [0.5, 0.6) is 0 Å². The highest BCUT2D eigenvalue weighted by Gasteiger charge is 2.45. The van der Waals surface area contributed by atoms with Gasteiger partial charge in [-0.2, -0.15) is 5.10 Å². The van der Waals surface area contributed by atoms with E-state index in [1.807, 2.05) is 18.3 Å². The SMILES string of the molecule is O=C1CCC(N2C(=O)c3ccc(NC[C@H]4C[C@H](n5cc(-c6cnc7ccc(N8CCC(O)C8)cc7n6)c(C6CC6)n5)C4)cc3C2=O)C(=O)N1. The Balaban J connectivity index is 0.862. The molecule has 9 rings (SSSR count). The fraction of sp³-hybridized carbons (Fsp3) is 0.417. The quantitative estimate of drug-likeness (QED) is 0.239. The molecule has 2 saturated heterocycles. The van der Waals surface area contributed by atoms with Crippen molar-refractivity contribution in [2.45, 2.75) is 69.1 Å². The average molecular weight is 661 g/mol. The van der Waals surface area contributed by atoms with Crippen molar-refractivity contribution in [1.82, 2.24) is 30.0 Å². The minimum Gasteiger partial charge on any atom is -0.391 e. The maximum absolute atomic E-state index is 13.2.